The van der Waals surface area contributed by atoms with Crippen LogP contribution in [0.2, 0.25) is 0 Å². The van der Waals surface area contributed by atoms with Crippen LogP contribution in [0.5, 0.6) is 0 Å². The van der Waals surface area contributed by atoms with Crippen molar-refractivity contribution in [2.24, 2.45) is 0 Å². The summed E-state index contributed by atoms with van der Waals surface area (Å²) in [5.74, 6) is -0.103. The zero-order chi connectivity index (χ0) is 46.5. The number of esters is 1. The fraction of sp³-hybridized carbons (Fsp3) is 0.897. The van der Waals surface area contributed by atoms with Crippen molar-refractivity contribution in [3.63, 3.8) is 0 Å². The summed E-state index contributed by atoms with van der Waals surface area (Å²) in [5, 5.41) is 23.1. The number of allylic oxidation sites excluding steroid dienone is 3. The third kappa shape index (κ3) is 49.8. The molecule has 0 heterocycles. The Morgan fingerprint density at radius 1 is 0.422 bits per heavy atom. The number of carbonyl (C=O) groups is 2. The fourth-order valence-corrected chi connectivity index (χ4v) is 8.81. The van der Waals surface area contributed by atoms with Crippen molar-refractivity contribution in [3.05, 3.63) is 24.3 Å². The highest BCUT2D eigenvalue weighted by molar-refractivity contribution is 5.76. The first-order chi connectivity index (χ1) is 31.5. The molecule has 0 aromatic carbocycles. The maximum absolute atomic E-state index is 12.5. The largest absolute Gasteiger partial charge is 0.466 e. The Labute approximate surface area is 399 Å². The van der Waals surface area contributed by atoms with Crippen molar-refractivity contribution in [3.8, 4) is 0 Å². The van der Waals surface area contributed by atoms with Crippen LogP contribution in [0.25, 0.3) is 0 Å². The number of amides is 1. The number of hydrogen-bond acceptors (Lipinski definition) is 5. The number of aliphatic hydroxyl groups is 2. The highest BCUT2D eigenvalue weighted by Gasteiger charge is 2.18. The Kier molecular flexibility index (Phi) is 52.6. The van der Waals surface area contributed by atoms with Crippen molar-refractivity contribution in [2.45, 2.75) is 321 Å². The van der Waals surface area contributed by atoms with Crippen LogP contribution >= 0.6 is 0 Å². The van der Waals surface area contributed by atoms with Gasteiger partial charge < -0.3 is 20.3 Å². The Balaban J connectivity index is 3.49. The predicted octanol–water partition coefficient (Wildman–Crippen LogP) is 17.5. The van der Waals surface area contributed by atoms with Gasteiger partial charge in [0.05, 0.1) is 25.4 Å². The summed E-state index contributed by atoms with van der Waals surface area (Å²) in [6, 6.07) is -0.642. The molecule has 2 unspecified atom stereocenters. The van der Waals surface area contributed by atoms with E-state index in [1.54, 1.807) is 6.08 Å². The first kappa shape index (κ1) is 62.3. The summed E-state index contributed by atoms with van der Waals surface area (Å²) < 4.78 is 5.47. The van der Waals surface area contributed by atoms with Crippen LogP contribution in [0, 0.1) is 0 Å². The van der Waals surface area contributed by atoms with E-state index < -0.39 is 12.1 Å². The molecule has 6 nitrogen and oxygen atoms in total. The lowest BCUT2D eigenvalue weighted by molar-refractivity contribution is -0.143. The van der Waals surface area contributed by atoms with Crippen molar-refractivity contribution < 1.29 is 24.5 Å². The maximum atomic E-state index is 12.5. The summed E-state index contributed by atoms with van der Waals surface area (Å²) in [5.41, 5.74) is 0. The number of rotatable bonds is 53. The van der Waals surface area contributed by atoms with Gasteiger partial charge >= 0.3 is 5.97 Å². The molecule has 0 radical (unpaired) electrons. The second-order valence-electron chi connectivity index (χ2n) is 19.6. The van der Waals surface area contributed by atoms with Crippen LogP contribution in [0.3, 0.4) is 0 Å². The number of hydrogen-bond donors (Lipinski definition) is 3. The minimum absolute atomic E-state index is 0.0183. The number of nitrogens with one attached hydrogen (secondary N) is 1. The monoisotopic (exact) mass is 902 g/mol. The molecule has 0 aliphatic heterocycles. The zero-order valence-corrected chi connectivity index (χ0v) is 43.0. The van der Waals surface area contributed by atoms with Gasteiger partial charge in [-0.15, -0.1) is 0 Å². The average Bonchev–Trinajstić information content (AvgIpc) is 3.29. The first-order valence-corrected chi connectivity index (χ1v) is 28.6. The van der Waals surface area contributed by atoms with Gasteiger partial charge in [0, 0.05) is 12.8 Å². The van der Waals surface area contributed by atoms with Crippen LogP contribution in [0.15, 0.2) is 24.3 Å². The smallest absolute Gasteiger partial charge is 0.305 e. The highest BCUT2D eigenvalue weighted by Crippen LogP contribution is 2.17. The SMILES string of the molecule is CCCCCCCC/C=C\CCCCCCCCCC(=O)OCCCCCCCCCCCCCC(=O)NC(CO)C(O)/C=C/CCCCCCCCCCCCCCCCCCC. The van der Waals surface area contributed by atoms with E-state index in [9.17, 15) is 19.8 Å². The molecular weight excluding hydrogens is 791 g/mol. The van der Waals surface area contributed by atoms with Gasteiger partial charge in [-0.25, -0.2) is 0 Å². The van der Waals surface area contributed by atoms with Gasteiger partial charge in [-0.2, -0.15) is 0 Å². The van der Waals surface area contributed by atoms with Crippen molar-refractivity contribution in [1.82, 2.24) is 5.32 Å². The van der Waals surface area contributed by atoms with Gasteiger partial charge in [0.25, 0.3) is 0 Å². The summed E-state index contributed by atoms with van der Waals surface area (Å²) in [6.07, 6.45) is 64.7. The van der Waals surface area contributed by atoms with E-state index in [-0.39, 0.29) is 18.5 Å². The molecule has 0 bridgehead atoms. The molecule has 0 saturated carbocycles. The standard InChI is InChI=1S/C58H111NO5/c1-3-5-7-9-11-13-15-17-19-21-22-24-25-27-30-34-38-42-46-50-56(61)55(54-60)59-57(62)51-47-43-39-35-31-29-33-37-41-45-49-53-64-58(63)52-48-44-40-36-32-28-26-23-20-18-16-14-12-10-8-6-4-2/h18,20,46,50,55-56,60-61H,3-17,19,21-45,47-49,51-54H2,1-2H3,(H,59,62)/b20-18-,50-46+. The van der Waals surface area contributed by atoms with Crippen LogP contribution in [-0.4, -0.2) is 47.4 Å². The molecule has 0 saturated heterocycles. The molecular formula is C58H111NO5. The molecule has 378 valence electrons. The van der Waals surface area contributed by atoms with E-state index in [2.05, 4.69) is 31.3 Å². The lowest BCUT2D eigenvalue weighted by atomic mass is 10.0. The minimum Gasteiger partial charge on any atom is -0.466 e. The average molecular weight is 903 g/mol. The van der Waals surface area contributed by atoms with E-state index in [0.717, 1.165) is 57.8 Å². The Morgan fingerprint density at radius 2 is 0.734 bits per heavy atom. The molecule has 3 N–H and O–H groups in total. The normalized spacial score (nSPS) is 12.8. The Morgan fingerprint density at radius 3 is 1.11 bits per heavy atom. The van der Waals surface area contributed by atoms with Crippen LogP contribution in [-0.2, 0) is 14.3 Å². The molecule has 0 aromatic heterocycles. The lowest BCUT2D eigenvalue weighted by Crippen LogP contribution is -2.45. The molecule has 0 aromatic rings. The van der Waals surface area contributed by atoms with Crippen molar-refractivity contribution in [2.75, 3.05) is 13.2 Å². The number of aliphatic hydroxyl groups excluding tert-OH is 2. The second kappa shape index (κ2) is 54.0. The topological polar surface area (TPSA) is 95.9 Å². The number of carbonyl (C=O) groups excluding carboxylic acids is 2. The third-order valence-corrected chi connectivity index (χ3v) is 13.2. The van der Waals surface area contributed by atoms with Crippen LogP contribution in [0.1, 0.15) is 309 Å². The molecule has 0 aliphatic carbocycles. The van der Waals surface area contributed by atoms with Crippen molar-refractivity contribution >= 4 is 11.9 Å². The molecule has 1 amide bonds. The summed E-state index contributed by atoms with van der Waals surface area (Å²) >= 11 is 0. The summed E-state index contributed by atoms with van der Waals surface area (Å²) in [6.45, 7) is 4.87. The summed E-state index contributed by atoms with van der Waals surface area (Å²) in [4.78, 5) is 24.5. The molecule has 0 spiro atoms. The maximum Gasteiger partial charge on any atom is 0.305 e. The van der Waals surface area contributed by atoms with Gasteiger partial charge in [-0.05, 0) is 57.8 Å². The van der Waals surface area contributed by atoms with E-state index in [4.69, 9.17) is 4.74 Å². The third-order valence-electron chi connectivity index (χ3n) is 13.2. The quantitative estimate of drug-likeness (QED) is 0.0321. The Bertz CT molecular complexity index is 997. The van der Waals surface area contributed by atoms with E-state index in [0.29, 0.717) is 19.4 Å². The molecule has 0 fully saturated rings. The van der Waals surface area contributed by atoms with Gasteiger partial charge in [-0.3, -0.25) is 9.59 Å². The number of ether oxygens (including phenoxy) is 1. The molecule has 0 aliphatic rings. The highest BCUT2D eigenvalue weighted by atomic mass is 16.5. The van der Waals surface area contributed by atoms with Gasteiger partial charge in [0.2, 0.25) is 5.91 Å². The minimum atomic E-state index is -0.857. The predicted molar refractivity (Wildman–Crippen MR) is 278 cm³/mol. The second-order valence-corrected chi connectivity index (χ2v) is 19.6. The first-order valence-electron chi connectivity index (χ1n) is 28.6. The molecule has 0 rings (SSSR count). The lowest BCUT2D eigenvalue weighted by Gasteiger charge is -2.20. The Hall–Kier alpha value is -1.66. The fourth-order valence-electron chi connectivity index (χ4n) is 8.81. The van der Waals surface area contributed by atoms with Gasteiger partial charge in [-0.1, -0.05) is 263 Å². The van der Waals surface area contributed by atoms with E-state index in [1.165, 1.54) is 225 Å². The van der Waals surface area contributed by atoms with E-state index >= 15 is 0 Å². The zero-order valence-electron chi connectivity index (χ0n) is 43.0. The molecule has 2 atom stereocenters. The van der Waals surface area contributed by atoms with Crippen molar-refractivity contribution in [1.29, 1.82) is 0 Å². The van der Waals surface area contributed by atoms with Crippen LogP contribution in [0.4, 0.5) is 0 Å². The van der Waals surface area contributed by atoms with E-state index in [1.807, 2.05) is 6.08 Å². The van der Waals surface area contributed by atoms with Gasteiger partial charge in [0.15, 0.2) is 0 Å². The summed E-state index contributed by atoms with van der Waals surface area (Å²) in [7, 11) is 0. The molecule has 6 heteroatoms. The van der Waals surface area contributed by atoms with Gasteiger partial charge in [0.1, 0.15) is 0 Å². The van der Waals surface area contributed by atoms with Crippen LogP contribution < -0.4 is 5.32 Å². The number of unbranched alkanes of at least 4 members (excludes halogenated alkanes) is 40. The molecule has 64 heavy (non-hydrogen) atoms.